The van der Waals surface area contributed by atoms with Gasteiger partial charge in [0, 0.05) is 5.41 Å². The van der Waals surface area contributed by atoms with Gasteiger partial charge in [-0.15, -0.1) is 0 Å². The van der Waals surface area contributed by atoms with Gasteiger partial charge in [-0.3, -0.25) is 0 Å². The van der Waals surface area contributed by atoms with Crippen molar-refractivity contribution in [2.75, 3.05) is 0 Å². The molecule has 0 aromatic rings. The molecular formula is C14H24O. The molecule has 15 heavy (non-hydrogen) atoms. The lowest BCUT2D eigenvalue weighted by Gasteiger charge is -2.63. The highest BCUT2D eigenvalue weighted by molar-refractivity contribution is 5.61. The molecule has 0 radical (unpaired) electrons. The quantitative estimate of drug-likeness (QED) is 0.599. The second-order valence-electron chi connectivity index (χ2n) is 7.11. The first-order valence-electron chi connectivity index (χ1n) is 5.93. The zero-order valence-electron chi connectivity index (χ0n) is 9.31. The van der Waals surface area contributed by atoms with Gasteiger partial charge in [-0.05, 0) is 55.3 Å². The topological polar surface area (TPSA) is 17.1 Å². The van der Waals surface area contributed by atoms with Crippen LogP contribution in [0, 0.1) is 22.2 Å². The summed E-state index contributed by atoms with van der Waals surface area (Å²) in [7, 11) is 0. The van der Waals surface area contributed by atoms with Gasteiger partial charge in [-0.2, -0.15) is 0 Å². The van der Waals surface area contributed by atoms with E-state index in [0.717, 1.165) is 5.92 Å². The molecule has 4 fully saturated rings. The molecule has 4 saturated carbocycles. The highest BCUT2D eigenvalue weighted by Gasteiger charge is 2.59. The van der Waals surface area contributed by atoms with Crippen LogP contribution in [0.2, 0.25) is 0 Å². The third-order valence-electron chi connectivity index (χ3n) is 4.92. The molecular weight excluding hydrogens is 184 g/mol. The van der Waals surface area contributed by atoms with E-state index in [4.69, 9.17) is 0 Å². The van der Waals surface area contributed by atoms with Crippen molar-refractivity contribution in [3.8, 4) is 0 Å². The molecule has 86 valence electrons. The molecule has 4 aliphatic carbocycles. The summed E-state index contributed by atoms with van der Waals surface area (Å²) in [6, 6.07) is 0. The first-order chi connectivity index (χ1) is 6.47. The molecule has 2 unspecified atom stereocenters. The summed E-state index contributed by atoms with van der Waals surface area (Å²) in [6.07, 6.45) is 8.99. The fourth-order valence-corrected chi connectivity index (χ4v) is 5.67. The Morgan fingerprint density at radius 1 is 1.00 bits per heavy atom. The van der Waals surface area contributed by atoms with Gasteiger partial charge in [0.05, 0.1) is 0 Å². The minimum Gasteiger partial charge on any atom is -0.303 e. The van der Waals surface area contributed by atoms with Crippen molar-refractivity contribution in [1.29, 1.82) is 0 Å². The van der Waals surface area contributed by atoms with E-state index in [1.165, 1.54) is 44.8 Å². The second kappa shape index (κ2) is 2.87. The number of aldehydes is 1. The monoisotopic (exact) mass is 208 g/mol. The first-order valence-corrected chi connectivity index (χ1v) is 5.93. The van der Waals surface area contributed by atoms with Crippen molar-refractivity contribution in [1.82, 2.24) is 0 Å². The van der Waals surface area contributed by atoms with Crippen molar-refractivity contribution in [2.24, 2.45) is 22.2 Å². The molecule has 4 rings (SSSR count). The fraction of sp³-hybridized carbons (Fsp3) is 0.929. The van der Waals surface area contributed by atoms with Gasteiger partial charge in [0.1, 0.15) is 6.29 Å². The maximum absolute atomic E-state index is 11.3. The summed E-state index contributed by atoms with van der Waals surface area (Å²) < 4.78 is 0. The average Bonchev–Trinajstić information content (AvgIpc) is 1.97. The predicted molar refractivity (Wildman–Crippen MR) is 62.6 cm³/mol. The Bertz CT molecular complexity index is 276. The van der Waals surface area contributed by atoms with Crippen LogP contribution in [0.25, 0.3) is 0 Å². The molecule has 1 heteroatoms. The van der Waals surface area contributed by atoms with Crippen LogP contribution in [0.4, 0.5) is 0 Å². The number of hydrogen-bond donors (Lipinski definition) is 0. The van der Waals surface area contributed by atoms with Gasteiger partial charge in [0.25, 0.3) is 0 Å². The molecule has 0 N–H and O–H groups in total. The number of carbonyl (C=O) groups excluding carboxylic acids is 1. The Hall–Kier alpha value is -0.330. The van der Waals surface area contributed by atoms with Crippen LogP contribution in [0.3, 0.4) is 0 Å². The van der Waals surface area contributed by atoms with E-state index in [2.05, 4.69) is 13.8 Å². The molecule has 0 aromatic heterocycles. The van der Waals surface area contributed by atoms with Gasteiger partial charge < -0.3 is 4.79 Å². The van der Waals surface area contributed by atoms with Crippen molar-refractivity contribution < 1.29 is 4.79 Å². The fourth-order valence-electron chi connectivity index (χ4n) is 5.67. The minimum atomic E-state index is 0. The highest BCUT2D eigenvalue weighted by atomic mass is 16.1. The Kier molecular flexibility index (Phi) is 2.13. The van der Waals surface area contributed by atoms with Crippen molar-refractivity contribution in [3.63, 3.8) is 0 Å². The molecule has 0 aliphatic heterocycles. The zero-order chi connectivity index (χ0) is 10.0. The lowest BCUT2D eigenvalue weighted by atomic mass is 9.41. The smallest absolute Gasteiger partial charge is 0.126 e. The molecule has 0 amide bonds. The number of hydrogen-bond acceptors (Lipinski definition) is 1. The lowest BCUT2D eigenvalue weighted by Crippen LogP contribution is -2.55. The van der Waals surface area contributed by atoms with Gasteiger partial charge in [0.2, 0.25) is 0 Å². The van der Waals surface area contributed by atoms with E-state index in [-0.39, 0.29) is 12.8 Å². The van der Waals surface area contributed by atoms with Gasteiger partial charge in [-0.1, -0.05) is 21.3 Å². The van der Waals surface area contributed by atoms with E-state index in [9.17, 15) is 4.79 Å². The standard InChI is InChI=1S/C13H20O.CH4/c1-11-3-10-4-12(2,6-11)8-13(5-10,7-11)9-14;/h9-10H,3-8H2,1-2H3;1H4. The largest absolute Gasteiger partial charge is 0.303 e. The van der Waals surface area contributed by atoms with Crippen LogP contribution < -0.4 is 0 Å². The molecule has 1 nitrogen and oxygen atoms in total. The number of rotatable bonds is 1. The molecule has 0 saturated heterocycles. The molecule has 2 atom stereocenters. The van der Waals surface area contributed by atoms with Crippen LogP contribution in [0.5, 0.6) is 0 Å². The Balaban J connectivity index is 0.000000853. The molecule has 0 spiro atoms. The molecule has 0 aromatic carbocycles. The summed E-state index contributed by atoms with van der Waals surface area (Å²) >= 11 is 0. The Morgan fingerprint density at radius 3 is 1.93 bits per heavy atom. The maximum Gasteiger partial charge on any atom is 0.126 e. The molecule has 4 bridgehead atoms. The van der Waals surface area contributed by atoms with E-state index >= 15 is 0 Å². The third kappa shape index (κ3) is 1.46. The Labute approximate surface area is 93.6 Å². The van der Waals surface area contributed by atoms with Crippen molar-refractivity contribution in [2.45, 2.75) is 59.8 Å². The average molecular weight is 208 g/mol. The maximum atomic E-state index is 11.3. The van der Waals surface area contributed by atoms with Crippen molar-refractivity contribution >= 4 is 6.29 Å². The van der Waals surface area contributed by atoms with E-state index in [1.807, 2.05) is 0 Å². The highest BCUT2D eigenvalue weighted by Crippen LogP contribution is 2.68. The zero-order valence-corrected chi connectivity index (χ0v) is 9.31. The van der Waals surface area contributed by atoms with Gasteiger partial charge in [0.15, 0.2) is 0 Å². The first kappa shape index (κ1) is 11.2. The SMILES string of the molecule is C.CC12CC3CC(C)(C1)CC(C=O)(C3)C2. The summed E-state index contributed by atoms with van der Waals surface area (Å²) in [5.74, 6) is 0.853. The van der Waals surface area contributed by atoms with Crippen LogP contribution in [-0.4, -0.2) is 6.29 Å². The summed E-state index contributed by atoms with van der Waals surface area (Å²) in [6.45, 7) is 4.82. The van der Waals surface area contributed by atoms with E-state index in [0.29, 0.717) is 10.8 Å². The number of carbonyl (C=O) groups is 1. The molecule has 0 heterocycles. The van der Waals surface area contributed by atoms with Crippen LogP contribution in [-0.2, 0) is 4.79 Å². The van der Waals surface area contributed by atoms with Crippen LogP contribution in [0.1, 0.15) is 59.8 Å². The van der Waals surface area contributed by atoms with E-state index < -0.39 is 0 Å². The normalized spacial score (nSPS) is 56.3. The summed E-state index contributed by atoms with van der Waals surface area (Å²) in [5.41, 5.74) is 1.08. The summed E-state index contributed by atoms with van der Waals surface area (Å²) in [4.78, 5) is 11.3. The van der Waals surface area contributed by atoms with Crippen LogP contribution in [0.15, 0.2) is 0 Å². The minimum absolute atomic E-state index is 0. The Morgan fingerprint density at radius 2 is 1.53 bits per heavy atom. The summed E-state index contributed by atoms with van der Waals surface area (Å²) in [5, 5.41) is 0. The van der Waals surface area contributed by atoms with Gasteiger partial charge in [-0.25, -0.2) is 0 Å². The van der Waals surface area contributed by atoms with Gasteiger partial charge >= 0.3 is 0 Å². The third-order valence-corrected chi connectivity index (χ3v) is 4.92. The second-order valence-corrected chi connectivity index (χ2v) is 7.11. The van der Waals surface area contributed by atoms with Crippen LogP contribution >= 0.6 is 0 Å². The van der Waals surface area contributed by atoms with Crippen molar-refractivity contribution in [3.05, 3.63) is 0 Å². The molecule has 4 aliphatic rings. The predicted octanol–water partition coefficient (Wildman–Crippen LogP) is 3.82. The lowest BCUT2D eigenvalue weighted by molar-refractivity contribution is -0.157. The van der Waals surface area contributed by atoms with E-state index in [1.54, 1.807) is 0 Å².